The van der Waals surface area contributed by atoms with Crippen LogP contribution in [0.15, 0.2) is 59.1 Å². The van der Waals surface area contributed by atoms with Crippen molar-refractivity contribution in [2.45, 2.75) is 0 Å². The first-order valence-electron chi connectivity index (χ1n) is 6.25. The Morgan fingerprint density at radius 3 is 2.33 bits per heavy atom. The lowest BCUT2D eigenvalue weighted by Gasteiger charge is -2.08. The van der Waals surface area contributed by atoms with E-state index in [0.29, 0.717) is 20.8 Å². The molecule has 0 atom stereocenters. The largest absolute Gasteiger partial charge is 0.289 e. The zero-order valence-corrected chi connectivity index (χ0v) is 12.3. The van der Waals surface area contributed by atoms with Gasteiger partial charge in [-0.2, -0.15) is 0 Å². The number of carbonyl (C=O) groups excluding carboxylic acids is 1. The normalized spacial score (nSPS) is 10.8. The maximum Gasteiger partial charge on any atom is 0.194 e. The van der Waals surface area contributed by atoms with E-state index >= 15 is 0 Å². The minimum atomic E-state index is -0.493. The number of rotatable bonds is 2. The second-order valence-electron chi connectivity index (χ2n) is 4.59. The number of hydrogen-bond acceptors (Lipinski definition) is 1. The predicted octanol–water partition coefficient (Wildman–Crippen LogP) is 5.11. The van der Waals surface area contributed by atoms with Gasteiger partial charge in [0.2, 0.25) is 0 Å². The molecule has 3 aromatic rings. The van der Waals surface area contributed by atoms with Gasteiger partial charge in [0.25, 0.3) is 0 Å². The molecule has 0 bridgehead atoms. The Balaban J connectivity index is 2.23. The molecule has 0 unspecified atom stereocenters. The fourth-order valence-corrected chi connectivity index (χ4v) is 2.70. The van der Waals surface area contributed by atoms with E-state index in [-0.39, 0.29) is 17.2 Å². The Labute approximate surface area is 128 Å². The number of fused-ring (bicyclic) bond motifs is 1. The molecule has 21 heavy (non-hydrogen) atoms. The second kappa shape index (κ2) is 5.37. The van der Waals surface area contributed by atoms with Crippen molar-refractivity contribution in [1.82, 2.24) is 0 Å². The first-order valence-corrected chi connectivity index (χ1v) is 7.04. The van der Waals surface area contributed by atoms with E-state index in [4.69, 9.17) is 0 Å². The maximum atomic E-state index is 13.8. The molecule has 0 radical (unpaired) electrons. The van der Waals surface area contributed by atoms with Crippen LogP contribution in [0.3, 0.4) is 0 Å². The lowest BCUT2D eigenvalue weighted by molar-refractivity contribution is 0.103. The molecule has 0 aliphatic rings. The van der Waals surface area contributed by atoms with Crippen LogP contribution in [0.25, 0.3) is 10.8 Å². The van der Waals surface area contributed by atoms with Crippen LogP contribution in [0, 0.1) is 11.6 Å². The first-order chi connectivity index (χ1) is 10.1. The fraction of sp³-hybridized carbons (Fsp3) is 0. The van der Waals surface area contributed by atoms with Gasteiger partial charge in [0.15, 0.2) is 5.78 Å². The van der Waals surface area contributed by atoms with E-state index in [0.717, 1.165) is 0 Å². The van der Waals surface area contributed by atoms with Crippen LogP contribution in [0.1, 0.15) is 15.9 Å². The molecule has 0 amide bonds. The summed E-state index contributed by atoms with van der Waals surface area (Å²) in [6, 6.07) is 13.3. The van der Waals surface area contributed by atoms with Gasteiger partial charge in [0, 0.05) is 21.0 Å². The number of halogens is 3. The van der Waals surface area contributed by atoms with Gasteiger partial charge >= 0.3 is 0 Å². The Morgan fingerprint density at radius 2 is 1.57 bits per heavy atom. The standard InChI is InChI=1S/C17H9BrF2O/c18-15-7-5-10(19)9-14(15)17(21)13-6-8-16(20)12-4-2-1-3-11(12)13/h1-9H. The lowest BCUT2D eigenvalue weighted by Crippen LogP contribution is -2.04. The van der Waals surface area contributed by atoms with Gasteiger partial charge in [-0.3, -0.25) is 4.79 Å². The van der Waals surface area contributed by atoms with Crippen molar-refractivity contribution in [2.75, 3.05) is 0 Å². The van der Waals surface area contributed by atoms with Gasteiger partial charge in [0.05, 0.1) is 0 Å². The smallest absolute Gasteiger partial charge is 0.194 e. The molecule has 0 aromatic heterocycles. The monoisotopic (exact) mass is 346 g/mol. The molecular formula is C17H9BrF2O. The minimum absolute atomic E-state index is 0.215. The minimum Gasteiger partial charge on any atom is -0.289 e. The quantitative estimate of drug-likeness (QED) is 0.589. The number of hydrogen-bond donors (Lipinski definition) is 0. The van der Waals surface area contributed by atoms with Crippen LogP contribution < -0.4 is 0 Å². The molecule has 0 N–H and O–H groups in total. The Morgan fingerprint density at radius 1 is 0.857 bits per heavy atom. The molecule has 0 aliphatic carbocycles. The van der Waals surface area contributed by atoms with Crippen LogP contribution in [0.2, 0.25) is 0 Å². The number of ketones is 1. The Bertz CT molecular complexity index is 859. The van der Waals surface area contributed by atoms with Crippen molar-refractivity contribution < 1.29 is 13.6 Å². The van der Waals surface area contributed by atoms with Crippen LogP contribution in [0.4, 0.5) is 8.78 Å². The topological polar surface area (TPSA) is 17.1 Å². The molecular weight excluding hydrogens is 338 g/mol. The van der Waals surface area contributed by atoms with Crippen LogP contribution in [-0.2, 0) is 0 Å². The van der Waals surface area contributed by atoms with Crippen LogP contribution in [-0.4, -0.2) is 5.78 Å². The highest BCUT2D eigenvalue weighted by Gasteiger charge is 2.17. The molecule has 104 valence electrons. The first kappa shape index (κ1) is 13.9. The summed E-state index contributed by atoms with van der Waals surface area (Å²) in [5, 5.41) is 0.884. The van der Waals surface area contributed by atoms with E-state index < -0.39 is 5.82 Å². The average Bonchev–Trinajstić information content (AvgIpc) is 2.50. The molecule has 0 heterocycles. The second-order valence-corrected chi connectivity index (χ2v) is 5.45. The van der Waals surface area contributed by atoms with E-state index in [1.165, 1.54) is 30.3 Å². The van der Waals surface area contributed by atoms with Crippen LogP contribution in [0.5, 0.6) is 0 Å². The molecule has 0 saturated carbocycles. The summed E-state index contributed by atoms with van der Waals surface area (Å²) in [7, 11) is 0. The molecule has 0 saturated heterocycles. The van der Waals surface area contributed by atoms with E-state index in [1.54, 1.807) is 24.3 Å². The number of benzene rings is 3. The SMILES string of the molecule is O=C(c1cc(F)ccc1Br)c1ccc(F)c2ccccc12. The Kier molecular flexibility index (Phi) is 3.55. The molecule has 4 heteroatoms. The summed E-state index contributed by atoms with van der Waals surface area (Å²) >= 11 is 3.25. The van der Waals surface area contributed by atoms with E-state index in [9.17, 15) is 13.6 Å². The summed E-state index contributed by atoms with van der Waals surface area (Å²) < 4.78 is 27.7. The van der Waals surface area contributed by atoms with Gasteiger partial charge in [-0.05, 0) is 35.7 Å². The van der Waals surface area contributed by atoms with Gasteiger partial charge in [-0.1, -0.05) is 40.2 Å². The summed E-state index contributed by atoms with van der Waals surface area (Å²) in [6.45, 7) is 0. The summed E-state index contributed by atoms with van der Waals surface area (Å²) in [6.07, 6.45) is 0. The van der Waals surface area contributed by atoms with Crippen molar-refractivity contribution in [3.05, 3.63) is 81.8 Å². The highest BCUT2D eigenvalue weighted by molar-refractivity contribution is 9.10. The molecule has 3 aromatic carbocycles. The van der Waals surface area contributed by atoms with Crippen molar-refractivity contribution in [2.24, 2.45) is 0 Å². The third kappa shape index (κ3) is 2.47. The number of carbonyl (C=O) groups is 1. The van der Waals surface area contributed by atoms with Gasteiger partial charge in [-0.15, -0.1) is 0 Å². The molecule has 0 aliphatic heterocycles. The molecule has 0 spiro atoms. The zero-order chi connectivity index (χ0) is 15.0. The van der Waals surface area contributed by atoms with E-state index in [1.807, 2.05) is 0 Å². The molecule has 1 nitrogen and oxygen atoms in total. The lowest BCUT2D eigenvalue weighted by atomic mass is 9.97. The van der Waals surface area contributed by atoms with Crippen molar-refractivity contribution in [1.29, 1.82) is 0 Å². The Hall–Kier alpha value is -2.07. The van der Waals surface area contributed by atoms with Crippen LogP contribution >= 0.6 is 15.9 Å². The van der Waals surface area contributed by atoms with Crippen molar-refractivity contribution in [3.63, 3.8) is 0 Å². The molecule has 3 rings (SSSR count). The van der Waals surface area contributed by atoms with Crippen molar-refractivity contribution in [3.8, 4) is 0 Å². The summed E-state index contributed by atoms with van der Waals surface area (Å²) in [5.41, 5.74) is 0.560. The zero-order valence-electron chi connectivity index (χ0n) is 10.7. The van der Waals surface area contributed by atoms with Gasteiger partial charge in [0.1, 0.15) is 11.6 Å². The van der Waals surface area contributed by atoms with Gasteiger partial charge < -0.3 is 0 Å². The predicted molar refractivity (Wildman–Crippen MR) is 81.4 cm³/mol. The highest BCUT2D eigenvalue weighted by atomic mass is 79.9. The van der Waals surface area contributed by atoms with Crippen molar-refractivity contribution >= 4 is 32.5 Å². The van der Waals surface area contributed by atoms with Gasteiger partial charge in [-0.25, -0.2) is 8.78 Å². The third-order valence-electron chi connectivity index (χ3n) is 3.29. The third-order valence-corrected chi connectivity index (χ3v) is 3.98. The molecule has 0 fully saturated rings. The maximum absolute atomic E-state index is 13.8. The highest BCUT2D eigenvalue weighted by Crippen LogP contribution is 2.27. The summed E-state index contributed by atoms with van der Waals surface area (Å²) in [4.78, 5) is 12.6. The summed E-state index contributed by atoms with van der Waals surface area (Å²) in [5.74, 6) is -1.23. The fourth-order valence-electron chi connectivity index (χ4n) is 2.28. The average molecular weight is 347 g/mol. The van der Waals surface area contributed by atoms with E-state index in [2.05, 4.69) is 15.9 Å².